The third-order valence-electron chi connectivity index (χ3n) is 5.46. The SMILES string of the molecule is O=C(Nc1cccc(C(F)(F)F)c1)c1cc(-c2cccc3ccccc23)n(-c2ccccc2)n1. The number of nitrogens with zero attached hydrogens (tertiary/aromatic N) is 2. The summed E-state index contributed by atoms with van der Waals surface area (Å²) in [6.45, 7) is 0. The molecule has 0 aliphatic rings. The summed E-state index contributed by atoms with van der Waals surface area (Å²) in [5.74, 6) is -0.601. The molecule has 0 saturated heterocycles. The highest BCUT2D eigenvalue weighted by atomic mass is 19.4. The van der Waals surface area contributed by atoms with Crippen LogP contribution in [0.2, 0.25) is 0 Å². The van der Waals surface area contributed by atoms with Gasteiger partial charge in [0.1, 0.15) is 0 Å². The lowest BCUT2D eigenvalue weighted by Crippen LogP contribution is -2.14. The molecule has 5 aromatic rings. The lowest BCUT2D eigenvalue weighted by Gasteiger charge is -2.10. The van der Waals surface area contributed by atoms with Crippen molar-refractivity contribution in [3.8, 4) is 16.9 Å². The molecular weight excluding hydrogens is 439 g/mol. The van der Waals surface area contributed by atoms with Gasteiger partial charge in [-0.15, -0.1) is 0 Å². The fraction of sp³-hybridized carbons (Fsp3) is 0.0370. The highest BCUT2D eigenvalue weighted by Crippen LogP contribution is 2.32. The van der Waals surface area contributed by atoms with Crippen molar-refractivity contribution in [2.45, 2.75) is 6.18 Å². The largest absolute Gasteiger partial charge is 0.416 e. The van der Waals surface area contributed by atoms with Crippen molar-refractivity contribution >= 4 is 22.4 Å². The Bertz CT molecular complexity index is 1490. The van der Waals surface area contributed by atoms with Crippen LogP contribution in [0.15, 0.2) is 103 Å². The van der Waals surface area contributed by atoms with Gasteiger partial charge >= 0.3 is 6.18 Å². The molecule has 7 heteroatoms. The Morgan fingerprint density at radius 2 is 1.50 bits per heavy atom. The predicted molar refractivity (Wildman–Crippen MR) is 126 cm³/mol. The molecule has 1 N–H and O–H groups in total. The number of carbonyl (C=O) groups excluding carboxylic acids is 1. The Hall–Kier alpha value is -4.39. The second-order valence-corrected chi connectivity index (χ2v) is 7.72. The minimum atomic E-state index is -4.50. The molecule has 0 bridgehead atoms. The van der Waals surface area contributed by atoms with Gasteiger partial charge in [-0.3, -0.25) is 4.79 Å². The maximum Gasteiger partial charge on any atom is 0.416 e. The van der Waals surface area contributed by atoms with Crippen molar-refractivity contribution in [2.75, 3.05) is 5.32 Å². The quantitative estimate of drug-likeness (QED) is 0.317. The van der Waals surface area contributed by atoms with Gasteiger partial charge in [0.25, 0.3) is 5.91 Å². The number of hydrogen-bond donors (Lipinski definition) is 1. The van der Waals surface area contributed by atoms with Gasteiger partial charge in [-0.2, -0.15) is 18.3 Å². The minimum absolute atomic E-state index is 0.0424. The van der Waals surface area contributed by atoms with Crippen molar-refractivity contribution in [1.29, 1.82) is 0 Å². The number of fused-ring (bicyclic) bond motifs is 1. The monoisotopic (exact) mass is 457 g/mol. The number of hydrogen-bond acceptors (Lipinski definition) is 2. The predicted octanol–water partition coefficient (Wildman–Crippen LogP) is 6.96. The minimum Gasteiger partial charge on any atom is -0.321 e. The van der Waals surface area contributed by atoms with Crippen LogP contribution in [0.4, 0.5) is 18.9 Å². The molecule has 4 nitrogen and oxygen atoms in total. The highest BCUT2D eigenvalue weighted by molar-refractivity contribution is 6.04. The topological polar surface area (TPSA) is 46.9 Å². The number of amides is 1. The van der Waals surface area contributed by atoms with E-state index in [-0.39, 0.29) is 11.4 Å². The van der Waals surface area contributed by atoms with E-state index in [2.05, 4.69) is 10.4 Å². The van der Waals surface area contributed by atoms with Crippen molar-refractivity contribution in [2.24, 2.45) is 0 Å². The number of rotatable bonds is 4. The second kappa shape index (κ2) is 8.51. The van der Waals surface area contributed by atoms with Gasteiger partial charge in [-0.1, -0.05) is 66.7 Å². The average Bonchev–Trinajstić information content (AvgIpc) is 3.29. The van der Waals surface area contributed by atoms with E-state index in [1.165, 1.54) is 12.1 Å². The van der Waals surface area contributed by atoms with Gasteiger partial charge in [0.15, 0.2) is 5.69 Å². The zero-order chi connectivity index (χ0) is 23.7. The summed E-state index contributed by atoms with van der Waals surface area (Å²) in [6, 6.07) is 29.3. The Morgan fingerprint density at radius 1 is 0.794 bits per heavy atom. The number of carbonyl (C=O) groups is 1. The van der Waals surface area contributed by atoms with Crippen LogP contribution < -0.4 is 5.32 Å². The number of alkyl halides is 3. The summed E-state index contributed by atoms with van der Waals surface area (Å²) < 4.78 is 40.8. The van der Waals surface area contributed by atoms with Crippen LogP contribution in [0.1, 0.15) is 16.1 Å². The second-order valence-electron chi connectivity index (χ2n) is 7.72. The highest BCUT2D eigenvalue weighted by Gasteiger charge is 2.30. The van der Waals surface area contributed by atoms with Crippen LogP contribution in [0.5, 0.6) is 0 Å². The molecule has 1 amide bonds. The number of benzene rings is 4. The maximum atomic E-state index is 13.1. The fourth-order valence-electron chi connectivity index (χ4n) is 3.87. The molecule has 4 aromatic carbocycles. The first-order valence-corrected chi connectivity index (χ1v) is 10.5. The summed E-state index contributed by atoms with van der Waals surface area (Å²) in [7, 11) is 0. The fourth-order valence-corrected chi connectivity index (χ4v) is 3.87. The molecule has 0 atom stereocenters. The third kappa shape index (κ3) is 4.15. The molecule has 0 spiro atoms. The normalized spacial score (nSPS) is 11.5. The van der Waals surface area contributed by atoms with E-state index in [0.717, 1.165) is 34.2 Å². The van der Waals surface area contributed by atoms with Gasteiger partial charge in [0.2, 0.25) is 0 Å². The number of anilines is 1. The van der Waals surface area contributed by atoms with E-state index >= 15 is 0 Å². The molecule has 0 saturated carbocycles. The smallest absolute Gasteiger partial charge is 0.321 e. The van der Waals surface area contributed by atoms with Gasteiger partial charge < -0.3 is 5.32 Å². The first-order chi connectivity index (χ1) is 16.4. The third-order valence-corrected chi connectivity index (χ3v) is 5.46. The van der Waals surface area contributed by atoms with Crippen LogP contribution in [0, 0.1) is 0 Å². The van der Waals surface area contributed by atoms with Crippen molar-refractivity contribution in [3.63, 3.8) is 0 Å². The van der Waals surface area contributed by atoms with Gasteiger partial charge in [0, 0.05) is 11.3 Å². The van der Waals surface area contributed by atoms with Gasteiger partial charge in [-0.05, 0) is 47.2 Å². The van der Waals surface area contributed by atoms with Crippen molar-refractivity contribution in [3.05, 3.63) is 114 Å². The maximum absolute atomic E-state index is 13.1. The van der Waals surface area contributed by atoms with E-state index in [4.69, 9.17) is 0 Å². The molecule has 1 heterocycles. The van der Waals surface area contributed by atoms with Crippen LogP contribution in [0.25, 0.3) is 27.7 Å². The average molecular weight is 457 g/mol. The van der Waals surface area contributed by atoms with Crippen LogP contribution in [-0.4, -0.2) is 15.7 Å². The number of halogens is 3. The first-order valence-electron chi connectivity index (χ1n) is 10.5. The van der Waals surface area contributed by atoms with E-state index in [1.54, 1.807) is 10.7 Å². The molecule has 0 radical (unpaired) electrons. The summed E-state index contributed by atoms with van der Waals surface area (Å²) >= 11 is 0. The van der Waals surface area contributed by atoms with Crippen LogP contribution >= 0.6 is 0 Å². The number of para-hydroxylation sites is 1. The molecule has 1 aromatic heterocycles. The summed E-state index contributed by atoms with van der Waals surface area (Å²) in [6.07, 6.45) is -4.50. The van der Waals surface area contributed by atoms with E-state index in [0.29, 0.717) is 5.69 Å². The molecule has 0 unspecified atom stereocenters. The van der Waals surface area contributed by atoms with Crippen molar-refractivity contribution in [1.82, 2.24) is 9.78 Å². The molecule has 168 valence electrons. The van der Waals surface area contributed by atoms with Crippen LogP contribution in [-0.2, 0) is 6.18 Å². The summed E-state index contributed by atoms with van der Waals surface area (Å²) in [5, 5.41) is 9.08. The summed E-state index contributed by atoms with van der Waals surface area (Å²) in [4.78, 5) is 13.0. The van der Waals surface area contributed by atoms with Gasteiger partial charge in [-0.25, -0.2) is 4.68 Å². The van der Waals surface area contributed by atoms with E-state index in [9.17, 15) is 18.0 Å². The molecule has 0 fully saturated rings. The Labute approximate surface area is 193 Å². The van der Waals surface area contributed by atoms with Crippen LogP contribution in [0.3, 0.4) is 0 Å². The number of aromatic nitrogens is 2. The molecule has 0 aliphatic heterocycles. The van der Waals surface area contributed by atoms with E-state index in [1.807, 2.05) is 72.8 Å². The lowest BCUT2D eigenvalue weighted by atomic mass is 10.0. The zero-order valence-corrected chi connectivity index (χ0v) is 17.8. The molecule has 34 heavy (non-hydrogen) atoms. The Morgan fingerprint density at radius 3 is 2.29 bits per heavy atom. The lowest BCUT2D eigenvalue weighted by molar-refractivity contribution is -0.137. The number of nitrogens with one attached hydrogen (secondary N) is 1. The first kappa shape index (κ1) is 21.5. The van der Waals surface area contributed by atoms with Gasteiger partial charge in [0.05, 0.1) is 16.9 Å². The molecule has 5 rings (SSSR count). The molecular formula is C27H18F3N3O. The Kier molecular flexibility index (Phi) is 5.37. The summed E-state index contributed by atoms with van der Waals surface area (Å²) in [5.41, 5.74) is 1.62. The zero-order valence-electron chi connectivity index (χ0n) is 17.8. The standard InChI is InChI=1S/C27H18F3N3O/c28-27(29,30)19-10-7-11-20(16-19)31-26(34)24-17-25(33(32-24)21-12-2-1-3-13-21)23-15-6-9-18-8-4-5-14-22(18)23/h1-17H,(H,31,34). The van der Waals surface area contributed by atoms with Crippen molar-refractivity contribution < 1.29 is 18.0 Å². The van der Waals surface area contributed by atoms with E-state index < -0.39 is 17.6 Å². The Balaban J connectivity index is 1.58. The molecule has 0 aliphatic carbocycles.